The zero-order valence-corrected chi connectivity index (χ0v) is 16.0. The fraction of sp³-hybridized carbons (Fsp3) is 0.190. The van der Waals surface area contributed by atoms with Crippen LogP contribution in [0.5, 0.6) is 0 Å². The van der Waals surface area contributed by atoms with E-state index < -0.39 is 11.9 Å². The van der Waals surface area contributed by atoms with Gasteiger partial charge in [-0.25, -0.2) is 14.6 Å². The number of imidazole rings is 1. The molecule has 0 N–H and O–H groups in total. The molecule has 2 heterocycles. The molecule has 7 nitrogen and oxygen atoms in total. The van der Waals surface area contributed by atoms with Crippen molar-refractivity contribution in [2.24, 2.45) is 0 Å². The molecule has 0 atom stereocenters. The predicted octanol–water partition coefficient (Wildman–Crippen LogP) is 2.92. The highest BCUT2D eigenvalue weighted by Gasteiger charge is 2.28. The summed E-state index contributed by atoms with van der Waals surface area (Å²) in [6.45, 7) is 2.02. The van der Waals surface area contributed by atoms with Gasteiger partial charge in [-0.1, -0.05) is 25.1 Å². The van der Waals surface area contributed by atoms with Crippen LogP contribution < -0.4 is 4.90 Å². The van der Waals surface area contributed by atoms with Gasteiger partial charge in [0.15, 0.2) is 0 Å². The number of carbonyl (C=O) groups excluding carboxylic acids is 2. The van der Waals surface area contributed by atoms with Crippen molar-refractivity contribution in [3.8, 4) is 5.69 Å². The minimum Gasteiger partial charge on any atom is -0.465 e. The van der Waals surface area contributed by atoms with Crippen molar-refractivity contribution in [1.29, 1.82) is 0 Å². The third-order valence-electron chi connectivity index (χ3n) is 4.32. The summed E-state index contributed by atoms with van der Waals surface area (Å²) in [5.74, 6) is -0.395. The molecule has 0 spiro atoms. The van der Waals surface area contributed by atoms with Gasteiger partial charge in [0.25, 0.3) is 0 Å². The highest BCUT2D eigenvalue weighted by atomic mass is 16.5. The monoisotopic (exact) mass is 379 g/mol. The number of nitrogens with zero attached hydrogens (tertiary/aromatic N) is 3. The van der Waals surface area contributed by atoms with Crippen LogP contribution in [0.3, 0.4) is 0 Å². The van der Waals surface area contributed by atoms with E-state index in [0.29, 0.717) is 5.69 Å². The molecular weight excluding hydrogens is 358 g/mol. The SMILES string of the molecule is CCc1nccn1-c1ccccc1N1C=CC=CC(C(=O)OC)=C1C(=O)OC. The summed E-state index contributed by atoms with van der Waals surface area (Å²) in [4.78, 5) is 31.0. The zero-order chi connectivity index (χ0) is 20.1. The number of ether oxygens (including phenoxy) is 2. The molecule has 0 fully saturated rings. The van der Waals surface area contributed by atoms with Crippen molar-refractivity contribution in [1.82, 2.24) is 9.55 Å². The highest BCUT2D eigenvalue weighted by molar-refractivity contribution is 6.05. The largest absolute Gasteiger partial charge is 0.465 e. The summed E-state index contributed by atoms with van der Waals surface area (Å²) in [7, 11) is 2.55. The van der Waals surface area contributed by atoms with Gasteiger partial charge in [0.1, 0.15) is 11.5 Å². The van der Waals surface area contributed by atoms with Crippen LogP contribution in [0, 0.1) is 0 Å². The molecule has 1 aromatic heterocycles. The minimum atomic E-state index is -0.646. The average Bonchev–Trinajstić information content (AvgIpc) is 3.10. The van der Waals surface area contributed by atoms with Crippen LogP contribution in [0.15, 0.2) is 72.4 Å². The van der Waals surface area contributed by atoms with Crippen LogP contribution >= 0.6 is 0 Å². The Bertz CT molecular complexity index is 985. The van der Waals surface area contributed by atoms with Crippen LogP contribution in [0.25, 0.3) is 5.69 Å². The number of rotatable bonds is 5. The first-order valence-corrected chi connectivity index (χ1v) is 8.79. The molecular formula is C21H21N3O4. The summed E-state index contributed by atoms with van der Waals surface area (Å²) < 4.78 is 11.8. The number of anilines is 1. The molecule has 0 saturated heterocycles. The molecule has 1 aliphatic heterocycles. The van der Waals surface area contributed by atoms with Crippen molar-refractivity contribution in [2.75, 3.05) is 19.1 Å². The molecule has 2 aromatic rings. The fourth-order valence-corrected chi connectivity index (χ4v) is 3.04. The van der Waals surface area contributed by atoms with E-state index in [0.717, 1.165) is 17.9 Å². The van der Waals surface area contributed by atoms with Crippen molar-refractivity contribution < 1.29 is 19.1 Å². The van der Waals surface area contributed by atoms with E-state index in [4.69, 9.17) is 9.47 Å². The molecule has 3 rings (SSSR count). The summed E-state index contributed by atoms with van der Waals surface area (Å²) in [5.41, 5.74) is 1.69. The summed E-state index contributed by atoms with van der Waals surface area (Å²) in [5, 5.41) is 0. The van der Waals surface area contributed by atoms with E-state index in [1.165, 1.54) is 20.3 Å². The lowest BCUT2D eigenvalue weighted by Crippen LogP contribution is -2.27. The minimum absolute atomic E-state index is 0.0740. The van der Waals surface area contributed by atoms with Gasteiger partial charge in [-0.2, -0.15) is 0 Å². The standard InChI is InChI=1S/C21H21N3O4/c1-4-18-22-12-14-23(18)16-10-5-6-11-17(16)24-13-8-7-9-15(20(25)27-2)19(24)21(26)28-3/h5-14H,4H2,1-3H3. The van der Waals surface area contributed by atoms with Crippen LogP contribution in [-0.4, -0.2) is 35.7 Å². The number of para-hydroxylation sites is 2. The Balaban J connectivity index is 2.25. The van der Waals surface area contributed by atoms with Crippen molar-refractivity contribution in [2.45, 2.75) is 13.3 Å². The van der Waals surface area contributed by atoms with Gasteiger partial charge in [-0.05, 0) is 24.3 Å². The maximum absolute atomic E-state index is 12.6. The number of benzene rings is 1. The Morgan fingerprint density at radius 2 is 1.75 bits per heavy atom. The second-order valence-electron chi connectivity index (χ2n) is 5.87. The summed E-state index contributed by atoms with van der Waals surface area (Å²) >= 11 is 0. The number of carbonyl (C=O) groups is 2. The van der Waals surface area contributed by atoms with Gasteiger partial charge < -0.3 is 18.9 Å². The van der Waals surface area contributed by atoms with Gasteiger partial charge >= 0.3 is 11.9 Å². The van der Waals surface area contributed by atoms with Crippen LogP contribution in [0.4, 0.5) is 5.69 Å². The lowest BCUT2D eigenvalue weighted by atomic mass is 10.1. The molecule has 1 aliphatic rings. The van der Waals surface area contributed by atoms with E-state index in [2.05, 4.69) is 4.98 Å². The average molecular weight is 379 g/mol. The number of aryl methyl sites for hydroxylation is 1. The number of esters is 2. The van der Waals surface area contributed by atoms with E-state index >= 15 is 0 Å². The fourth-order valence-electron chi connectivity index (χ4n) is 3.04. The Morgan fingerprint density at radius 1 is 1.04 bits per heavy atom. The number of allylic oxidation sites excluding steroid dienone is 2. The third kappa shape index (κ3) is 3.46. The van der Waals surface area contributed by atoms with Crippen molar-refractivity contribution in [3.63, 3.8) is 0 Å². The predicted molar refractivity (Wildman–Crippen MR) is 105 cm³/mol. The Morgan fingerprint density at radius 3 is 2.43 bits per heavy atom. The van der Waals surface area contributed by atoms with E-state index in [1.54, 1.807) is 29.4 Å². The molecule has 144 valence electrons. The molecule has 28 heavy (non-hydrogen) atoms. The number of hydrogen-bond donors (Lipinski definition) is 0. The topological polar surface area (TPSA) is 73.7 Å². The van der Waals surface area contributed by atoms with Gasteiger partial charge in [0.05, 0.1) is 31.2 Å². The Kier molecular flexibility index (Phi) is 5.74. The van der Waals surface area contributed by atoms with Gasteiger partial charge in [0.2, 0.25) is 0 Å². The lowest BCUT2D eigenvalue weighted by molar-refractivity contribution is -0.139. The van der Waals surface area contributed by atoms with Gasteiger partial charge in [-0.15, -0.1) is 0 Å². The van der Waals surface area contributed by atoms with Crippen molar-refractivity contribution in [3.05, 3.63) is 78.2 Å². The molecule has 0 aliphatic carbocycles. The molecule has 0 saturated carbocycles. The van der Waals surface area contributed by atoms with Crippen LogP contribution in [0.2, 0.25) is 0 Å². The Hall–Kier alpha value is -3.61. The smallest absolute Gasteiger partial charge is 0.355 e. The molecule has 0 unspecified atom stereocenters. The molecule has 0 bridgehead atoms. The van der Waals surface area contributed by atoms with E-state index in [9.17, 15) is 9.59 Å². The first-order valence-electron chi connectivity index (χ1n) is 8.79. The number of hydrogen-bond acceptors (Lipinski definition) is 6. The van der Waals surface area contributed by atoms with E-state index in [-0.39, 0.29) is 11.3 Å². The number of methoxy groups -OCH3 is 2. The Labute approximate surface area is 163 Å². The summed E-state index contributed by atoms with van der Waals surface area (Å²) in [6, 6.07) is 7.55. The number of aromatic nitrogens is 2. The molecule has 7 heteroatoms. The highest BCUT2D eigenvalue weighted by Crippen LogP contribution is 2.31. The zero-order valence-electron chi connectivity index (χ0n) is 16.0. The van der Waals surface area contributed by atoms with Crippen molar-refractivity contribution >= 4 is 17.6 Å². The first kappa shape index (κ1) is 19.2. The van der Waals surface area contributed by atoms with Gasteiger partial charge in [-0.3, -0.25) is 0 Å². The maximum atomic E-state index is 12.6. The summed E-state index contributed by atoms with van der Waals surface area (Å²) in [6.07, 6.45) is 11.0. The van der Waals surface area contributed by atoms with Crippen LogP contribution in [0.1, 0.15) is 12.7 Å². The van der Waals surface area contributed by atoms with E-state index in [1.807, 2.05) is 42.0 Å². The second kappa shape index (κ2) is 8.39. The quantitative estimate of drug-likeness (QED) is 0.744. The van der Waals surface area contributed by atoms with Crippen LogP contribution in [-0.2, 0) is 25.5 Å². The first-order chi connectivity index (χ1) is 13.6. The lowest BCUT2D eigenvalue weighted by Gasteiger charge is -2.26. The molecule has 0 amide bonds. The maximum Gasteiger partial charge on any atom is 0.355 e. The normalized spacial score (nSPS) is 13.5. The molecule has 0 radical (unpaired) electrons. The van der Waals surface area contributed by atoms with Gasteiger partial charge in [0, 0.05) is 25.0 Å². The molecule has 1 aromatic carbocycles. The third-order valence-corrected chi connectivity index (χ3v) is 4.32. The second-order valence-corrected chi connectivity index (χ2v) is 5.87.